The Labute approximate surface area is 370 Å². The van der Waals surface area contributed by atoms with Crippen molar-refractivity contribution >= 4 is 19.8 Å². The van der Waals surface area contributed by atoms with Gasteiger partial charge in [0.2, 0.25) is 0 Å². The molecular weight excluding hydrogens is 790 g/mol. The van der Waals surface area contributed by atoms with Crippen LogP contribution in [0.2, 0.25) is 0 Å². The molecular formula is C50H82NO9P. The molecule has 0 aliphatic heterocycles. The summed E-state index contributed by atoms with van der Waals surface area (Å²) >= 11 is 0. The molecule has 0 spiro atoms. The van der Waals surface area contributed by atoms with Crippen LogP contribution in [0, 0.1) is 0 Å². The molecule has 346 valence electrons. The fraction of sp³-hybridized carbons (Fsp3) is 0.600. The summed E-state index contributed by atoms with van der Waals surface area (Å²) in [5.74, 6) is -1.04. The monoisotopic (exact) mass is 872 g/mol. The third-order valence-electron chi connectivity index (χ3n) is 8.88. The molecule has 1 N–H and O–H groups in total. The first-order valence-corrected chi connectivity index (χ1v) is 24.2. The van der Waals surface area contributed by atoms with Crippen molar-refractivity contribution in [2.24, 2.45) is 0 Å². The van der Waals surface area contributed by atoms with Crippen molar-refractivity contribution in [1.29, 1.82) is 0 Å². The van der Waals surface area contributed by atoms with E-state index < -0.39 is 32.5 Å². The first-order chi connectivity index (χ1) is 29.4. The van der Waals surface area contributed by atoms with Crippen molar-refractivity contribution in [3.05, 3.63) is 109 Å². The number of rotatable bonds is 39. The minimum absolute atomic E-state index is 0.0667. The summed E-state index contributed by atoms with van der Waals surface area (Å²) in [6.45, 7) is 3.88. The molecule has 10 nitrogen and oxygen atoms in total. The van der Waals surface area contributed by atoms with Crippen LogP contribution < -0.4 is 4.89 Å². The number of unbranched alkanes of at least 4 members (excludes halogenated alkanes) is 6. The Morgan fingerprint density at radius 1 is 0.607 bits per heavy atom. The van der Waals surface area contributed by atoms with Crippen LogP contribution >= 0.6 is 7.82 Å². The lowest BCUT2D eigenvalue weighted by Crippen LogP contribution is -2.37. The minimum Gasteiger partial charge on any atom is -0.756 e. The molecule has 0 amide bonds. The number of aliphatic hydroxyl groups excluding tert-OH is 1. The van der Waals surface area contributed by atoms with Gasteiger partial charge >= 0.3 is 11.9 Å². The third-order valence-corrected chi connectivity index (χ3v) is 9.85. The summed E-state index contributed by atoms with van der Waals surface area (Å²) < 4.78 is 33.7. The van der Waals surface area contributed by atoms with Gasteiger partial charge in [-0.2, -0.15) is 0 Å². The number of carbonyl (C=O) groups excluding carboxylic acids is 2. The van der Waals surface area contributed by atoms with Gasteiger partial charge in [0.15, 0.2) is 6.10 Å². The maximum atomic E-state index is 12.7. The van der Waals surface area contributed by atoms with Crippen molar-refractivity contribution in [2.45, 2.75) is 148 Å². The molecule has 0 aliphatic carbocycles. The van der Waals surface area contributed by atoms with Crippen molar-refractivity contribution in [1.82, 2.24) is 0 Å². The molecule has 0 aliphatic rings. The topological polar surface area (TPSA) is 131 Å². The van der Waals surface area contributed by atoms with Crippen LogP contribution in [0.25, 0.3) is 0 Å². The number of aliphatic hydroxyl groups is 1. The largest absolute Gasteiger partial charge is 0.756 e. The highest BCUT2D eigenvalue weighted by molar-refractivity contribution is 7.45. The van der Waals surface area contributed by atoms with Crippen molar-refractivity contribution in [3.8, 4) is 0 Å². The van der Waals surface area contributed by atoms with E-state index in [0.29, 0.717) is 30.3 Å². The summed E-state index contributed by atoms with van der Waals surface area (Å²) in [6, 6.07) is 0. The number of ether oxygens (including phenoxy) is 2. The number of phosphoric acid groups is 1. The van der Waals surface area contributed by atoms with E-state index in [2.05, 4.69) is 74.6 Å². The summed E-state index contributed by atoms with van der Waals surface area (Å²) in [5, 5.41) is 9.91. The molecule has 0 aromatic heterocycles. The Bertz CT molecular complexity index is 1420. The molecule has 1 unspecified atom stereocenters. The van der Waals surface area contributed by atoms with Gasteiger partial charge in [0.25, 0.3) is 7.82 Å². The highest BCUT2D eigenvalue weighted by Crippen LogP contribution is 2.38. The van der Waals surface area contributed by atoms with Crippen LogP contribution in [0.1, 0.15) is 136 Å². The SMILES string of the molecule is CCCCC/C=C\C/C=C\C/C=C\C/C=C\C/C=C\CCC(=O)O[C@H](COC(=O)CCC/C=C\C/C=C\C/C=C\C=C\[C@H](O)CCCCC)COP(=O)([O-])OCC[N+](C)(C)C. The van der Waals surface area contributed by atoms with E-state index in [1.807, 2.05) is 69.8 Å². The van der Waals surface area contributed by atoms with E-state index in [1.165, 1.54) is 25.7 Å². The van der Waals surface area contributed by atoms with Crippen LogP contribution in [-0.2, 0) is 32.7 Å². The Morgan fingerprint density at radius 3 is 1.67 bits per heavy atom. The van der Waals surface area contributed by atoms with Gasteiger partial charge in [0, 0.05) is 12.8 Å². The Kier molecular flexibility index (Phi) is 38.4. The van der Waals surface area contributed by atoms with Gasteiger partial charge in [-0.05, 0) is 77.0 Å². The first kappa shape index (κ1) is 57.6. The van der Waals surface area contributed by atoms with Gasteiger partial charge in [-0.25, -0.2) is 0 Å². The van der Waals surface area contributed by atoms with Gasteiger partial charge in [-0.3, -0.25) is 14.2 Å². The molecule has 0 fully saturated rings. The maximum absolute atomic E-state index is 12.7. The zero-order valence-corrected chi connectivity index (χ0v) is 39.3. The summed E-state index contributed by atoms with van der Waals surface area (Å²) in [6.07, 6.45) is 51.8. The number of nitrogens with zero attached hydrogens (tertiary/aromatic N) is 1. The highest BCUT2D eigenvalue weighted by Gasteiger charge is 2.21. The smallest absolute Gasteiger partial charge is 0.306 e. The third kappa shape index (κ3) is 44.5. The molecule has 0 rings (SSSR count). The van der Waals surface area contributed by atoms with Crippen molar-refractivity contribution < 1.29 is 47.2 Å². The lowest BCUT2D eigenvalue weighted by atomic mass is 10.1. The van der Waals surface area contributed by atoms with Gasteiger partial charge in [0.1, 0.15) is 19.8 Å². The lowest BCUT2D eigenvalue weighted by molar-refractivity contribution is -0.870. The zero-order valence-electron chi connectivity index (χ0n) is 38.4. The van der Waals surface area contributed by atoms with E-state index in [-0.39, 0.29) is 32.2 Å². The van der Waals surface area contributed by atoms with Gasteiger partial charge < -0.3 is 33.0 Å². The number of hydrogen-bond donors (Lipinski definition) is 1. The van der Waals surface area contributed by atoms with E-state index in [1.54, 1.807) is 0 Å². The van der Waals surface area contributed by atoms with Crippen LogP contribution in [0.3, 0.4) is 0 Å². The highest BCUT2D eigenvalue weighted by atomic mass is 31.2. The van der Waals surface area contributed by atoms with Crippen molar-refractivity contribution in [3.63, 3.8) is 0 Å². The van der Waals surface area contributed by atoms with Gasteiger partial charge in [-0.15, -0.1) is 0 Å². The van der Waals surface area contributed by atoms with Crippen LogP contribution in [0.4, 0.5) is 0 Å². The lowest BCUT2D eigenvalue weighted by Gasteiger charge is -2.28. The minimum atomic E-state index is -4.68. The summed E-state index contributed by atoms with van der Waals surface area (Å²) in [7, 11) is 1.04. The van der Waals surface area contributed by atoms with Crippen molar-refractivity contribution in [2.75, 3.05) is 47.5 Å². The van der Waals surface area contributed by atoms with Crippen LogP contribution in [0.15, 0.2) is 109 Å². The molecule has 0 radical (unpaired) electrons. The number of carbonyl (C=O) groups is 2. The summed E-state index contributed by atoms with van der Waals surface area (Å²) in [4.78, 5) is 37.5. The average Bonchev–Trinajstić information content (AvgIpc) is 3.21. The molecule has 0 bridgehead atoms. The molecule has 0 aromatic carbocycles. The fourth-order valence-corrected chi connectivity index (χ4v) is 6.00. The fourth-order valence-electron chi connectivity index (χ4n) is 5.27. The predicted octanol–water partition coefficient (Wildman–Crippen LogP) is 11.5. The Balaban J connectivity index is 4.63. The number of allylic oxidation sites excluding steroid dienone is 17. The first-order valence-electron chi connectivity index (χ1n) is 22.7. The van der Waals surface area contributed by atoms with Gasteiger partial charge in [-0.1, -0.05) is 155 Å². The molecule has 0 saturated carbocycles. The maximum Gasteiger partial charge on any atom is 0.306 e. The second-order valence-corrected chi connectivity index (χ2v) is 17.3. The molecule has 0 heterocycles. The number of hydrogen-bond acceptors (Lipinski definition) is 9. The standard InChI is InChI=1S/C50H82NO9P/c1-6-8-10-11-12-13-14-15-16-17-18-19-20-21-24-28-31-34-38-42-50(54)60-48(46-59-61(55,56)58-44-43-51(3,4)5)45-57-49(53)41-37-33-30-27-25-22-23-26-29-32-36-40-47(52)39-35-9-7-2/h12-13,15-16,18-19,21-24,27,29-32,34,36,40,47-48,52H,6-11,14,17,20,25-26,28,33,35,37-39,41-46H2,1-5H3/b13-12-,16-15-,19-18-,23-22-,24-21-,30-27-,32-29-,34-31-,40-36+/t47-,48-/m1/s1. The van der Waals surface area contributed by atoms with E-state index >= 15 is 0 Å². The molecule has 0 aromatic rings. The number of esters is 2. The second kappa shape index (κ2) is 40.7. The number of phosphoric ester groups is 1. The van der Waals surface area contributed by atoms with Crippen LogP contribution in [0.5, 0.6) is 0 Å². The molecule has 11 heteroatoms. The second-order valence-electron chi connectivity index (χ2n) is 15.9. The van der Waals surface area contributed by atoms with Gasteiger partial charge in [0.05, 0.1) is 33.9 Å². The quantitative estimate of drug-likeness (QED) is 0.0160. The summed E-state index contributed by atoms with van der Waals surface area (Å²) in [5.41, 5.74) is 0. The van der Waals surface area contributed by atoms with E-state index in [4.69, 9.17) is 18.5 Å². The van der Waals surface area contributed by atoms with Crippen LogP contribution in [-0.4, -0.2) is 81.2 Å². The zero-order chi connectivity index (χ0) is 45.1. The number of likely N-dealkylation sites (N-methyl/N-ethyl adjacent to an activating group) is 1. The van der Waals surface area contributed by atoms with E-state index in [0.717, 1.165) is 64.2 Å². The normalized spacial score (nSPS) is 15.1. The molecule has 61 heavy (non-hydrogen) atoms. The predicted molar refractivity (Wildman–Crippen MR) is 251 cm³/mol. The molecule has 3 atom stereocenters. The Hall–Kier alpha value is -3.37. The Morgan fingerprint density at radius 2 is 1.11 bits per heavy atom. The van der Waals surface area contributed by atoms with E-state index in [9.17, 15) is 24.2 Å². The molecule has 0 saturated heterocycles. The average molecular weight is 872 g/mol. The number of quaternary nitrogens is 1.